The Balaban J connectivity index is 2.70. The number of nitrogens with two attached hydrogens (primary N) is 1. The van der Waals surface area contributed by atoms with E-state index in [1.54, 1.807) is 0 Å². The van der Waals surface area contributed by atoms with Gasteiger partial charge in [-0.05, 0) is 24.7 Å². The number of carbonyl (C=O) groups is 1. The second kappa shape index (κ2) is 6.74. The van der Waals surface area contributed by atoms with Gasteiger partial charge < -0.3 is 10.5 Å². The Kier molecular flexibility index (Phi) is 5.61. The van der Waals surface area contributed by atoms with Gasteiger partial charge in [0.05, 0.1) is 7.11 Å². The van der Waals surface area contributed by atoms with Crippen LogP contribution < -0.4 is 5.73 Å². The first-order valence-corrected chi connectivity index (χ1v) is 6.10. The van der Waals surface area contributed by atoms with E-state index in [4.69, 9.17) is 10.5 Å². The quantitative estimate of drug-likeness (QED) is 0.835. The van der Waals surface area contributed by atoms with Crippen molar-refractivity contribution in [2.45, 2.75) is 12.6 Å². The Morgan fingerprint density at radius 2 is 2.29 bits per heavy atom. The van der Waals surface area contributed by atoms with Gasteiger partial charge in [-0.1, -0.05) is 28.1 Å². The zero-order chi connectivity index (χ0) is 12.8. The third-order valence-corrected chi connectivity index (χ3v) is 3.04. The van der Waals surface area contributed by atoms with Gasteiger partial charge in [-0.25, -0.2) is 0 Å². The van der Waals surface area contributed by atoms with Gasteiger partial charge in [-0.2, -0.15) is 0 Å². The molecule has 1 aromatic rings. The van der Waals surface area contributed by atoms with Gasteiger partial charge in [-0.3, -0.25) is 9.69 Å². The molecule has 0 bridgehead atoms. The van der Waals surface area contributed by atoms with Gasteiger partial charge in [0.25, 0.3) is 0 Å². The number of esters is 1. The molecular weight excluding hydrogens is 284 g/mol. The minimum Gasteiger partial charge on any atom is -0.468 e. The smallest absolute Gasteiger partial charge is 0.324 e. The molecule has 0 spiro atoms. The molecule has 0 amide bonds. The summed E-state index contributed by atoms with van der Waals surface area (Å²) in [7, 11) is 3.23. The predicted molar refractivity (Wildman–Crippen MR) is 70.5 cm³/mol. The summed E-state index contributed by atoms with van der Waals surface area (Å²) in [5.41, 5.74) is 6.70. The number of likely N-dealkylation sites (N-methyl/N-ethyl adjacent to an activating group) is 1. The molecule has 0 aliphatic heterocycles. The van der Waals surface area contributed by atoms with Crippen LogP contribution in [0.2, 0.25) is 0 Å². The molecule has 1 rings (SSSR count). The molecule has 0 fully saturated rings. The Labute approximate surface area is 110 Å². The number of hydrogen-bond acceptors (Lipinski definition) is 4. The van der Waals surface area contributed by atoms with Crippen molar-refractivity contribution in [2.24, 2.45) is 5.73 Å². The molecular formula is C12H17BrN2O2. The van der Waals surface area contributed by atoms with Crippen LogP contribution in [0.3, 0.4) is 0 Å². The largest absolute Gasteiger partial charge is 0.468 e. The van der Waals surface area contributed by atoms with E-state index in [0.29, 0.717) is 6.54 Å². The molecule has 0 heterocycles. The lowest BCUT2D eigenvalue weighted by Gasteiger charge is -2.24. The molecule has 0 aliphatic carbocycles. The van der Waals surface area contributed by atoms with E-state index >= 15 is 0 Å². The van der Waals surface area contributed by atoms with Crippen LogP contribution in [0.25, 0.3) is 0 Å². The van der Waals surface area contributed by atoms with Crippen molar-refractivity contribution < 1.29 is 9.53 Å². The molecule has 1 atom stereocenters. The molecule has 1 aromatic carbocycles. The fourth-order valence-electron chi connectivity index (χ4n) is 1.63. The van der Waals surface area contributed by atoms with Crippen molar-refractivity contribution >= 4 is 21.9 Å². The lowest BCUT2D eigenvalue weighted by Crippen LogP contribution is -2.44. The van der Waals surface area contributed by atoms with Gasteiger partial charge in [0.1, 0.15) is 6.04 Å². The molecule has 2 N–H and O–H groups in total. The molecule has 94 valence electrons. The van der Waals surface area contributed by atoms with Crippen LogP contribution in [0.4, 0.5) is 0 Å². The average Bonchev–Trinajstić information content (AvgIpc) is 2.29. The minimum absolute atomic E-state index is 0.247. The molecule has 0 aliphatic rings. The van der Waals surface area contributed by atoms with E-state index in [2.05, 4.69) is 15.9 Å². The molecule has 17 heavy (non-hydrogen) atoms. The molecule has 5 heteroatoms. The third-order valence-electron chi connectivity index (χ3n) is 2.55. The standard InChI is InChI=1S/C12H17BrN2O2/c1-15(11(7-14)12(16)17-2)8-9-4-3-5-10(13)6-9/h3-6,11H,7-8,14H2,1-2H3. The number of hydrogen-bond donors (Lipinski definition) is 1. The lowest BCUT2D eigenvalue weighted by molar-refractivity contribution is -0.146. The van der Waals surface area contributed by atoms with E-state index in [1.807, 2.05) is 36.2 Å². The van der Waals surface area contributed by atoms with Crippen LogP contribution in [0.1, 0.15) is 5.56 Å². The topological polar surface area (TPSA) is 55.6 Å². The van der Waals surface area contributed by atoms with E-state index in [1.165, 1.54) is 7.11 Å². The summed E-state index contributed by atoms with van der Waals surface area (Å²) >= 11 is 3.41. The lowest BCUT2D eigenvalue weighted by atomic mass is 10.2. The number of benzene rings is 1. The Morgan fingerprint density at radius 1 is 1.59 bits per heavy atom. The molecule has 0 saturated carbocycles. The van der Waals surface area contributed by atoms with Crippen LogP contribution in [-0.4, -0.2) is 37.6 Å². The van der Waals surface area contributed by atoms with Crippen LogP contribution in [0.5, 0.6) is 0 Å². The maximum absolute atomic E-state index is 11.5. The molecule has 0 radical (unpaired) electrons. The van der Waals surface area contributed by atoms with Crippen LogP contribution >= 0.6 is 15.9 Å². The zero-order valence-electron chi connectivity index (χ0n) is 10.0. The monoisotopic (exact) mass is 300 g/mol. The molecule has 0 aromatic heterocycles. The highest BCUT2D eigenvalue weighted by Gasteiger charge is 2.22. The van der Waals surface area contributed by atoms with Crippen molar-refractivity contribution in [1.82, 2.24) is 4.90 Å². The Hall–Kier alpha value is -0.910. The van der Waals surface area contributed by atoms with Crippen molar-refractivity contribution in [2.75, 3.05) is 20.7 Å². The number of halogens is 1. The van der Waals surface area contributed by atoms with Crippen LogP contribution in [0.15, 0.2) is 28.7 Å². The number of ether oxygens (including phenoxy) is 1. The van der Waals surface area contributed by atoms with Gasteiger partial charge in [0.2, 0.25) is 0 Å². The summed E-state index contributed by atoms with van der Waals surface area (Å²) in [5, 5.41) is 0. The van der Waals surface area contributed by atoms with Gasteiger partial charge in [-0.15, -0.1) is 0 Å². The molecule has 0 saturated heterocycles. The summed E-state index contributed by atoms with van der Waals surface area (Å²) in [6.07, 6.45) is 0. The summed E-state index contributed by atoms with van der Waals surface area (Å²) in [4.78, 5) is 13.4. The highest BCUT2D eigenvalue weighted by molar-refractivity contribution is 9.10. The van der Waals surface area contributed by atoms with Crippen molar-refractivity contribution in [3.8, 4) is 0 Å². The van der Waals surface area contributed by atoms with Crippen molar-refractivity contribution in [3.63, 3.8) is 0 Å². The summed E-state index contributed by atoms with van der Waals surface area (Å²) in [6, 6.07) is 7.54. The van der Waals surface area contributed by atoms with Crippen LogP contribution in [-0.2, 0) is 16.1 Å². The summed E-state index contributed by atoms with van der Waals surface area (Å²) in [6.45, 7) is 0.896. The van der Waals surface area contributed by atoms with Gasteiger partial charge >= 0.3 is 5.97 Å². The van der Waals surface area contributed by atoms with E-state index in [9.17, 15) is 4.79 Å². The predicted octanol–water partition coefficient (Wildman–Crippen LogP) is 1.38. The van der Waals surface area contributed by atoms with E-state index < -0.39 is 6.04 Å². The normalized spacial score (nSPS) is 12.5. The number of nitrogens with zero attached hydrogens (tertiary/aromatic N) is 1. The molecule has 4 nitrogen and oxygen atoms in total. The fourth-order valence-corrected chi connectivity index (χ4v) is 2.07. The average molecular weight is 301 g/mol. The zero-order valence-corrected chi connectivity index (χ0v) is 11.6. The highest BCUT2D eigenvalue weighted by atomic mass is 79.9. The van der Waals surface area contributed by atoms with Gasteiger partial charge in [0.15, 0.2) is 0 Å². The van der Waals surface area contributed by atoms with E-state index in [0.717, 1.165) is 10.0 Å². The second-order valence-electron chi connectivity index (χ2n) is 3.82. The van der Waals surface area contributed by atoms with Crippen molar-refractivity contribution in [3.05, 3.63) is 34.3 Å². The maximum Gasteiger partial charge on any atom is 0.324 e. The SMILES string of the molecule is COC(=O)C(CN)N(C)Cc1cccc(Br)c1. The number of methoxy groups -OCH3 is 1. The minimum atomic E-state index is -0.404. The molecule has 1 unspecified atom stereocenters. The summed E-state index contributed by atoms with van der Waals surface area (Å²) in [5.74, 6) is -0.301. The maximum atomic E-state index is 11.5. The number of rotatable bonds is 5. The second-order valence-corrected chi connectivity index (χ2v) is 4.74. The van der Waals surface area contributed by atoms with Crippen LogP contribution in [0, 0.1) is 0 Å². The first-order valence-electron chi connectivity index (χ1n) is 5.31. The summed E-state index contributed by atoms with van der Waals surface area (Å²) < 4.78 is 5.74. The first kappa shape index (κ1) is 14.2. The first-order chi connectivity index (χ1) is 8.08. The highest BCUT2D eigenvalue weighted by Crippen LogP contribution is 2.14. The Morgan fingerprint density at radius 3 is 2.82 bits per heavy atom. The van der Waals surface area contributed by atoms with E-state index in [-0.39, 0.29) is 12.5 Å². The Bertz CT molecular complexity index is 385. The third kappa shape index (κ3) is 4.11. The van der Waals surface area contributed by atoms with Gasteiger partial charge in [0, 0.05) is 17.6 Å². The van der Waals surface area contributed by atoms with Crippen molar-refractivity contribution in [1.29, 1.82) is 0 Å². The number of carbonyl (C=O) groups excluding carboxylic acids is 1. The fraction of sp³-hybridized carbons (Fsp3) is 0.417.